The summed E-state index contributed by atoms with van der Waals surface area (Å²) >= 11 is 5.65. The van der Waals surface area contributed by atoms with Gasteiger partial charge in [0.2, 0.25) is 0 Å². The average Bonchev–Trinajstić information content (AvgIpc) is 2.01. The summed E-state index contributed by atoms with van der Waals surface area (Å²) in [7, 11) is 0. The summed E-state index contributed by atoms with van der Waals surface area (Å²) in [6.07, 6.45) is 4.69. The van der Waals surface area contributed by atoms with E-state index in [1.165, 1.54) is 19.3 Å². The van der Waals surface area contributed by atoms with Crippen LogP contribution in [0.3, 0.4) is 0 Å². The van der Waals surface area contributed by atoms with E-state index < -0.39 is 0 Å². The van der Waals surface area contributed by atoms with Crippen molar-refractivity contribution in [1.29, 1.82) is 0 Å². The fraction of sp³-hybridized carbons (Fsp3) is 0.778. The van der Waals surface area contributed by atoms with Gasteiger partial charge in [-0.3, -0.25) is 0 Å². The molecule has 1 aliphatic carbocycles. The van der Waals surface area contributed by atoms with Crippen LogP contribution in [0.2, 0.25) is 0 Å². The third-order valence-corrected chi connectivity index (χ3v) is 2.43. The quantitative estimate of drug-likeness (QED) is 0.706. The minimum absolute atomic E-state index is 0.375. The Hall–Kier alpha value is -0.0500. The molecule has 1 saturated carbocycles. The van der Waals surface area contributed by atoms with E-state index in [2.05, 4.69) is 11.9 Å². The van der Waals surface area contributed by atoms with E-state index in [0.29, 0.717) is 23.7 Å². The highest BCUT2D eigenvalue weighted by molar-refractivity contribution is 6.29. The molecule has 12 heavy (non-hydrogen) atoms. The molecule has 0 aromatic heterocycles. The van der Waals surface area contributed by atoms with Gasteiger partial charge in [-0.2, -0.15) is 0 Å². The molecule has 0 radical (unpaired) electrons. The predicted octanol–water partition coefficient (Wildman–Crippen LogP) is 1.60. The van der Waals surface area contributed by atoms with E-state index in [1.807, 2.05) is 0 Å². The van der Waals surface area contributed by atoms with Crippen LogP contribution in [0.25, 0.3) is 0 Å². The number of rotatable bonds is 3. The summed E-state index contributed by atoms with van der Waals surface area (Å²) < 4.78 is 0. The Balaban J connectivity index is 2.18. The third-order valence-electron chi connectivity index (χ3n) is 2.30. The Bertz CT molecular complexity index is 159. The number of nitrogens with one attached hydrogen (secondary N) is 1. The lowest BCUT2D eigenvalue weighted by molar-refractivity contribution is 0.348. The van der Waals surface area contributed by atoms with Crippen molar-refractivity contribution in [2.45, 2.75) is 37.8 Å². The van der Waals surface area contributed by atoms with Crippen LogP contribution >= 0.6 is 11.6 Å². The van der Waals surface area contributed by atoms with E-state index in [-0.39, 0.29) is 0 Å². The minimum Gasteiger partial charge on any atom is -0.328 e. The second-order valence-corrected chi connectivity index (χ2v) is 4.06. The van der Waals surface area contributed by atoms with Crippen molar-refractivity contribution in [2.24, 2.45) is 5.73 Å². The molecule has 1 aliphatic rings. The SMILES string of the molecule is C=C(Cl)CNC1CCCC(N)C1. The van der Waals surface area contributed by atoms with Crippen molar-refractivity contribution in [3.8, 4) is 0 Å². The molecule has 0 aromatic rings. The van der Waals surface area contributed by atoms with Gasteiger partial charge in [-0.25, -0.2) is 0 Å². The molecule has 3 N–H and O–H groups in total. The maximum absolute atomic E-state index is 5.84. The molecule has 2 nitrogen and oxygen atoms in total. The largest absolute Gasteiger partial charge is 0.328 e. The van der Waals surface area contributed by atoms with Crippen molar-refractivity contribution >= 4 is 11.6 Å². The van der Waals surface area contributed by atoms with Crippen molar-refractivity contribution < 1.29 is 0 Å². The molecule has 70 valence electrons. The number of nitrogens with two attached hydrogens (primary N) is 1. The standard InChI is InChI=1S/C9H17ClN2/c1-7(10)6-12-9-4-2-3-8(11)5-9/h8-9,12H,1-6,11H2. The van der Waals surface area contributed by atoms with Crippen molar-refractivity contribution in [3.63, 3.8) is 0 Å². The van der Waals surface area contributed by atoms with E-state index in [0.717, 1.165) is 6.42 Å². The van der Waals surface area contributed by atoms with Crippen LogP contribution in [0.5, 0.6) is 0 Å². The second-order valence-electron chi connectivity index (χ2n) is 3.52. The van der Waals surface area contributed by atoms with E-state index in [1.54, 1.807) is 0 Å². The molecule has 0 saturated heterocycles. The summed E-state index contributed by atoms with van der Waals surface area (Å²) in [6.45, 7) is 4.34. The first-order valence-electron chi connectivity index (χ1n) is 4.50. The Kier molecular flexibility index (Phi) is 4.06. The zero-order chi connectivity index (χ0) is 8.97. The Morgan fingerprint density at radius 2 is 2.33 bits per heavy atom. The van der Waals surface area contributed by atoms with Crippen LogP contribution in [0.4, 0.5) is 0 Å². The molecule has 1 rings (SSSR count). The van der Waals surface area contributed by atoms with Gasteiger partial charge in [-0.15, -0.1) is 0 Å². The molecule has 3 heteroatoms. The molecule has 1 fully saturated rings. The second kappa shape index (κ2) is 4.85. The third kappa shape index (κ3) is 3.57. The molecule has 0 spiro atoms. The first kappa shape index (κ1) is 10.0. The zero-order valence-electron chi connectivity index (χ0n) is 7.35. The Morgan fingerprint density at radius 1 is 1.58 bits per heavy atom. The molecular formula is C9H17ClN2. The highest BCUT2D eigenvalue weighted by Gasteiger charge is 2.18. The number of hydrogen-bond acceptors (Lipinski definition) is 2. The first-order valence-corrected chi connectivity index (χ1v) is 4.88. The molecule has 0 heterocycles. The van der Waals surface area contributed by atoms with Gasteiger partial charge in [0.15, 0.2) is 0 Å². The van der Waals surface area contributed by atoms with Crippen molar-refractivity contribution in [2.75, 3.05) is 6.54 Å². The summed E-state index contributed by atoms with van der Waals surface area (Å²) in [5, 5.41) is 4.02. The van der Waals surface area contributed by atoms with Gasteiger partial charge in [0.25, 0.3) is 0 Å². The van der Waals surface area contributed by atoms with Gasteiger partial charge in [0.05, 0.1) is 0 Å². The number of hydrogen-bond donors (Lipinski definition) is 2. The first-order chi connectivity index (χ1) is 5.68. The Morgan fingerprint density at radius 3 is 2.92 bits per heavy atom. The molecule has 0 aliphatic heterocycles. The van der Waals surface area contributed by atoms with Crippen LogP contribution in [0, 0.1) is 0 Å². The van der Waals surface area contributed by atoms with Gasteiger partial charge in [0, 0.05) is 23.7 Å². The van der Waals surface area contributed by atoms with Crippen LogP contribution in [0.15, 0.2) is 11.6 Å². The monoisotopic (exact) mass is 188 g/mol. The van der Waals surface area contributed by atoms with E-state index in [4.69, 9.17) is 17.3 Å². The van der Waals surface area contributed by atoms with E-state index >= 15 is 0 Å². The normalized spacial score (nSPS) is 30.2. The lowest BCUT2D eigenvalue weighted by Crippen LogP contribution is -2.39. The predicted molar refractivity (Wildman–Crippen MR) is 53.2 cm³/mol. The number of halogens is 1. The molecule has 2 unspecified atom stereocenters. The summed E-state index contributed by atoms with van der Waals surface area (Å²) in [5.41, 5.74) is 5.84. The van der Waals surface area contributed by atoms with Crippen LogP contribution in [0.1, 0.15) is 25.7 Å². The van der Waals surface area contributed by atoms with Gasteiger partial charge < -0.3 is 11.1 Å². The lowest BCUT2D eigenvalue weighted by atomic mass is 9.92. The maximum Gasteiger partial charge on any atom is 0.0310 e. The molecule has 2 atom stereocenters. The molecule has 0 bridgehead atoms. The average molecular weight is 189 g/mol. The zero-order valence-corrected chi connectivity index (χ0v) is 8.11. The smallest absolute Gasteiger partial charge is 0.0310 e. The fourth-order valence-corrected chi connectivity index (χ4v) is 1.75. The van der Waals surface area contributed by atoms with Crippen LogP contribution in [-0.2, 0) is 0 Å². The molecule has 0 amide bonds. The highest BCUT2D eigenvalue weighted by Crippen LogP contribution is 2.16. The topological polar surface area (TPSA) is 38.0 Å². The minimum atomic E-state index is 0.375. The fourth-order valence-electron chi connectivity index (χ4n) is 1.67. The molecular weight excluding hydrogens is 172 g/mol. The highest BCUT2D eigenvalue weighted by atomic mass is 35.5. The van der Waals surface area contributed by atoms with Crippen LogP contribution < -0.4 is 11.1 Å². The van der Waals surface area contributed by atoms with Crippen molar-refractivity contribution in [3.05, 3.63) is 11.6 Å². The summed E-state index contributed by atoms with van der Waals surface area (Å²) in [4.78, 5) is 0. The summed E-state index contributed by atoms with van der Waals surface area (Å²) in [6, 6.07) is 0.920. The van der Waals surface area contributed by atoms with Crippen molar-refractivity contribution in [1.82, 2.24) is 5.32 Å². The Labute approximate surface area is 79.2 Å². The van der Waals surface area contributed by atoms with Gasteiger partial charge in [-0.05, 0) is 19.3 Å². The van der Waals surface area contributed by atoms with Gasteiger partial charge in [-0.1, -0.05) is 24.6 Å². The molecule has 0 aromatic carbocycles. The van der Waals surface area contributed by atoms with Crippen LogP contribution in [-0.4, -0.2) is 18.6 Å². The summed E-state index contributed by atoms with van der Waals surface area (Å²) in [5.74, 6) is 0. The lowest BCUT2D eigenvalue weighted by Gasteiger charge is -2.27. The van der Waals surface area contributed by atoms with Gasteiger partial charge in [0.1, 0.15) is 0 Å². The maximum atomic E-state index is 5.84. The van der Waals surface area contributed by atoms with E-state index in [9.17, 15) is 0 Å². The van der Waals surface area contributed by atoms with Gasteiger partial charge >= 0.3 is 0 Å².